The van der Waals surface area contributed by atoms with Crippen molar-refractivity contribution in [2.45, 2.75) is 51.5 Å². The molecule has 2 saturated carbocycles. The lowest BCUT2D eigenvalue weighted by atomic mass is 9.72. The predicted molar refractivity (Wildman–Crippen MR) is 84.0 cm³/mol. The molecule has 0 aliphatic heterocycles. The monoisotopic (exact) mass is 292 g/mol. The molecular weight excluding hydrogens is 268 g/mol. The summed E-state index contributed by atoms with van der Waals surface area (Å²) in [6, 6.07) is 2.91. The Bertz CT molecular complexity index is 444. The van der Waals surface area contributed by atoms with Crippen LogP contribution in [0.15, 0.2) is 18.5 Å². The van der Waals surface area contributed by atoms with E-state index < -0.39 is 0 Å². The van der Waals surface area contributed by atoms with E-state index in [0.29, 0.717) is 0 Å². The largest absolute Gasteiger partial charge is 0.314 e. The Balaban J connectivity index is 1.64. The highest BCUT2D eigenvalue weighted by atomic mass is 35.5. The maximum Gasteiger partial charge on any atom is 0.0621 e. The molecule has 0 saturated heterocycles. The van der Waals surface area contributed by atoms with Crippen LogP contribution in [0.4, 0.5) is 0 Å². The number of nitrogens with one attached hydrogen (secondary N) is 1. The van der Waals surface area contributed by atoms with Gasteiger partial charge in [-0.3, -0.25) is 4.98 Å². The number of nitrogens with zero attached hydrogens (tertiary/aromatic N) is 1. The van der Waals surface area contributed by atoms with Crippen LogP contribution in [0.1, 0.15) is 44.6 Å². The van der Waals surface area contributed by atoms with Crippen LogP contribution in [0.2, 0.25) is 5.02 Å². The lowest BCUT2D eigenvalue weighted by Gasteiger charge is -2.35. The second-order valence-corrected chi connectivity index (χ2v) is 7.20. The highest BCUT2D eigenvalue weighted by Gasteiger charge is 2.30. The van der Waals surface area contributed by atoms with E-state index in [1.165, 1.54) is 44.2 Å². The lowest BCUT2D eigenvalue weighted by Crippen LogP contribution is -2.34. The van der Waals surface area contributed by atoms with Crippen LogP contribution in [0.3, 0.4) is 0 Å². The molecule has 1 N–H and O–H groups in total. The Hall–Kier alpha value is -0.600. The van der Waals surface area contributed by atoms with Crippen molar-refractivity contribution >= 4 is 11.6 Å². The van der Waals surface area contributed by atoms with Gasteiger partial charge in [0, 0.05) is 18.4 Å². The molecule has 1 aromatic heterocycles. The van der Waals surface area contributed by atoms with Crippen LogP contribution in [0.5, 0.6) is 0 Å². The third-order valence-corrected chi connectivity index (χ3v) is 5.33. The predicted octanol–water partition coefficient (Wildman–Crippen LogP) is 4.08. The molecule has 2 nitrogen and oxygen atoms in total. The number of rotatable bonds is 5. The molecule has 3 rings (SSSR count). The third kappa shape index (κ3) is 3.73. The summed E-state index contributed by atoms with van der Waals surface area (Å²) in [5.74, 6) is 2.44. The van der Waals surface area contributed by atoms with E-state index >= 15 is 0 Å². The Morgan fingerprint density at radius 1 is 1.25 bits per heavy atom. The van der Waals surface area contributed by atoms with Gasteiger partial charge in [0.2, 0.25) is 0 Å². The minimum Gasteiger partial charge on any atom is -0.314 e. The standard InChI is InChI=1S/C17H25ClN2/c1-12-2-3-14(10-20-16-4-5-16)15(8-12)9-13-6-7-19-11-17(13)18/h6-7,11-12,14-16,20H,2-5,8-10H2,1H3. The van der Waals surface area contributed by atoms with Gasteiger partial charge in [-0.2, -0.15) is 0 Å². The van der Waals surface area contributed by atoms with Crippen LogP contribution in [-0.2, 0) is 6.42 Å². The molecule has 2 fully saturated rings. The maximum absolute atomic E-state index is 6.29. The molecule has 0 bridgehead atoms. The molecule has 20 heavy (non-hydrogen) atoms. The van der Waals surface area contributed by atoms with E-state index in [1.807, 2.05) is 6.20 Å². The van der Waals surface area contributed by atoms with Gasteiger partial charge in [-0.1, -0.05) is 24.9 Å². The normalized spacial score (nSPS) is 30.4. The molecule has 3 heteroatoms. The highest BCUT2D eigenvalue weighted by Crippen LogP contribution is 2.37. The molecule has 0 radical (unpaired) electrons. The van der Waals surface area contributed by atoms with Crippen LogP contribution in [-0.4, -0.2) is 17.6 Å². The minimum absolute atomic E-state index is 0.768. The zero-order valence-electron chi connectivity index (χ0n) is 12.3. The molecule has 0 spiro atoms. The van der Waals surface area contributed by atoms with E-state index in [-0.39, 0.29) is 0 Å². The summed E-state index contributed by atoms with van der Waals surface area (Å²) in [5.41, 5.74) is 1.28. The first-order valence-electron chi connectivity index (χ1n) is 8.04. The van der Waals surface area contributed by atoms with Crippen molar-refractivity contribution in [3.63, 3.8) is 0 Å². The van der Waals surface area contributed by atoms with Crippen molar-refractivity contribution in [1.29, 1.82) is 0 Å². The molecule has 0 amide bonds. The minimum atomic E-state index is 0.768. The fraction of sp³-hybridized carbons (Fsp3) is 0.706. The number of pyridine rings is 1. The first-order valence-corrected chi connectivity index (χ1v) is 8.42. The highest BCUT2D eigenvalue weighted by molar-refractivity contribution is 6.31. The maximum atomic E-state index is 6.29. The average molecular weight is 293 g/mol. The lowest BCUT2D eigenvalue weighted by molar-refractivity contribution is 0.183. The van der Waals surface area contributed by atoms with Gasteiger partial charge in [0.15, 0.2) is 0 Å². The smallest absolute Gasteiger partial charge is 0.0621 e. The summed E-state index contributed by atoms with van der Waals surface area (Å²) < 4.78 is 0. The summed E-state index contributed by atoms with van der Waals surface area (Å²) in [4.78, 5) is 4.10. The van der Waals surface area contributed by atoms with Crippen molar-refractivity contribution in [3.8, 4) is 0 Å². The first-order chi connectivity index (χ1) is 9.72. The molecular formula is C17H25ClN2. The molecule has 110 valence electrons. The van der Waals surface area contributed by atoms with Gasteiger partial charge in [-0.15, -0.1) is 0 Å². The zero-order chi connectivity index (χ0) is 13.9. The van der Waals surface area contributed by atoms with Crippen LogP contribution in [0, 0.1) is 17.8 Å². The zero-order valence-corrected chi connectivity index (χ0v) is 13.1. The van der Waals surface area contributed by atoms with Crippen LogP contribution < -0.4 is 5.32 Å². The summed E-state index contributed by atoms with van der Waals surface area (Å²) in [6.45, 7) is 3.59. The molecule has 1 heterocycles. The average Bonchev–Trinajstić information content (AvgIpc) is 3.25. The van der Waals surface area contributed by atoms with Gasteiger partial charge in [-0.05, 0) is 68.0 Å². The summed E-state index contributed by atoms with van der Waals surface area (Å²) in [5, 5.41) is 4.56. The first kappa shape index (κ1) is 14.3. The second-order valence-electron chi connectivity index (χ2n) is 6.79. The van der Waals surface area contributed by atoms with Crippen molar-refractivity contribution in [2.75, 3.05) is 6.54 Å². The van der Waals surface area contributed by atoms with E-state index in [0.717, 1.165) is 35.2 Å². The van der Waals surface area contributed by atoms with Crippen LogP contribution in [0.25, 0.3) is 0 Å². The molecule has 1 aromatic rings. The number of aromatic nitrogens is 1. The van der Waals surface area contributed by atoms with Crippen molar-refractivity contribution < 1.29 is 0 Å². The van der Waals surface area contributed by atoms with Crippen molar-refractivity contribution in [2.24, 2.45) is 17.8 Å². The Labute approximate surface area is 127 Å². The summed E-state index contributed by atoms with van der Waals surface area (Å²) in [7, 11) is 0. The molecule has 0 aromatic carbocycles. The third-order valence-electron chi connectivity index (χ3n) is 4.99. The van der Waals surface area contributed by atoms with Crippen LogP contribution >= 0.6 is 11.6 Å². The summed E-state index contributed by atoms with van der Waals surface area (Å²) in [6.07, 6.45) is 11.6. The molecule has 3 atom stereocenters. The van der Waals surface area contributed by atoms with E-state index in [9.17, 15) is 0 Å². The SMILES string of the molecule is CC1CCC(CNC2CC2)C(Cc2ccncc2Cl)C1. The molecule has 2 aliphatic rings. The fourth-order valence-corrected chi connectivity index (χ4v) is 3.73. The molecule has 2 aliphatic carbocycles. The van der Waals surface area contributed by atoms with Gasteiger partial charge >= 0.3 is 0 Å². The quantitative estimate of drug-likeness (QED) is 0.884. The van der Waals surface area contributed by atoms with Gasteiger partial charge in [0.25, 0.3) is 0 Å². The number of hydrogen-bond donors (Lipinski definition) is 1. The van der Waals surface area contributed by atoms with E-state index in [1.54, 1.807) is 6.20 Å². The van der Waals surface area contributed by atoms with Crippen molar-refractivity contribution in [1.82, 2.24) is 10.3 Å². The number of halogens is 1. The second kappa shape index (κ2) is 6.44. The van der Waals surface area contributed by atoms with Crippen molar-refractivity contribution in [3.05, 3.63) is 29.0 Å². The van der Waals surface area contributed by atoms with E-state index in [2.05, 4.69) is 23.3 Å². The van der Waals surface area contributed by atoms with E-state index in [4.69, 9.17) is 11.6 Å². The topological polar surface area (TPSA) is 24.9 Å². The Morgan fingerprint density at radius 2 is 2.10 bits per heavy atom. The van der Waals surface area contributed by atoms with Gasteiger partial charge in [-0.25, -0.2) is 0 Å². The molecule has 3 unspecified atom stereocenters. The number of hydrogen-bond acceptors (Lipinski definition) is 2. The summed E-state index contributed by atoms with van der Waals surface area (Å²) >= 11 is 6.29. The van der Waals surface area contributed by atoms with Gasteiger partial charge in [0.05, 0.1) is 5.02 Å². The Kier molecular flexibility index (Phi) is 4.62. The fourth-order valence-electron chi connectivity index (χ4n) is 3.54. The van der Waals surface area contributed by atoms with Gasteiger partial charge < -0.3 is 5.32 Å². The Morgan fingerprint density at radius 3 is 2.85 bits per heavy atom. The van der Waals surface area contributed by atoms with Gasteiger partial charge in [0.1, 0.15) is 0 Å².